The zero-order chi connectivity index (χ0) is 14.8. The number of hydrogen-bond acceptors (Lipinski definition) is 2. The molecule has 2 rings (SSSR count). The third kappa shape index (κ3) is 3.35. The molecule has 20 heavy (non-hydrogen) atoms. The van der Waals surface area contributed by atoms with Gasteiger partial charge in [0.25, 0.3) is 0 Å². The maximum absolute atomic E-state index is 6.16. The largest absolute Gasteiger partial charge is 0.496 e. The molecule has 1 aliphatic rings. The number of nitrogens with two attached hydrogens (primary N) is 1. The minimum absolute atomic E-state index is 0.261. The lowest BCUT2D eigenvalue weighted by atomic mass is 9.63. The predicted molar refractivity (Wildman–Crippen MR) is 85.2 cm³/mol. The minimum atomic E-state index is 0.261. The van der Waals surface area contributed by atoms with Crippen LogP contribution in [0, 0.1) is 17.8 Å². The lowest BCUT2D eigenvalue weighted by Crippen LogP contribution is -2.39. The van der Waals surface area contributed by atoms with Crippen LogP contribution in [-0.2, 0) is 6.42 Å². The molecular weight excluding hydrogens is 246 g/mol. The van der Waals surface area contributed by atoms with E-state index in [9.17, 15) is 0 Å². The first kappa shape index (κ1) is 15.4. The van der Waals surface area contributed by atoms with Gasteiger partial charge in [-0.2, -0.15) is 0 Å². The molecule has 1 aromatic carbocycles. The van der Waals surface area contributed by atoms with Crippen molar-refractivity contribution in [3.63, 3.8) is 0 Å². The van der Waals surface area contributed by atoms with Gasteiger partial charge in [-0.25, -0.2) is 0 Å². The molecule has 0 atom stereocenters. The van der Waals surface area contributed by atoms with Crippen molar-refractivity contribution in [2.45, 2.75) is 52.9 Å². The zero-order valence-corrected chi connectivity index (χ0v) is 13.5. The Labute approximate surface area is 123 Å². The number of rotatable bonds is 4. The maximum Gasteiger partial charge on any atom is 0.122 e. The van der Waals surface area contributed by atoms with Gasteiger partial charge in [-0.15, -0.1) is 0 Å². The fourth-order valence-corrected chi connectivity index (χ4v) is 3.36. The number of methoxy groups -OCH3 is 1. The summed E-state index contributed by atoms with van der Waals surface area (Å²) in [6, 6.07) is 6.46. The van der Waals surface area contributed by atoms with Crippen molar-refractivity contribution in [1.82, 2.24) is 0 Å². The first-order valence-electron chi connectivity index (χ1n) is 7.73. The smallest absolute Gasteiger partial charge is 0.122 e. The highest BCUT2D eigenvalue weighted by molar-refractivity contribution is 5.37. The van der Waals surface area contributed by atoms with Crippen molar-refractivity contribution in [2.75, 3.05) is 13.7 Å². The first-order chi connectivity index (χ1) is 9.40. The van der Waals surface area contributed by atoms with Crippen LogP contribution in [0.25, 0.3) is 0 Å². The molecule has 1 aromatic rings. The molecular formula is C18H29NO. The van der Waals surface area contributed by atoms with E-state index in [0.29, 0.717) is 5.41 Å². The molecule has 112 valence electrons. The second-order valence-electron chi connectivity index (χ2n) is 7.36. The average Bonchev–Trinajstić information content (AvgIpc) is 2.42. The quantitative estimate of drug-likeness (QED) is 0.898. The summed E-state index contributed by atoms with van der Waals surface area (Å²) in [6.45, 7) is 7.67. The van der Waals surface area contributed by atoms with Crippen LogP contribution in [0.3, 0.4) is 0 Å². The summed E-state index contributed by atoms with van der Waals surface area (Å²) in [5, 5.41) is 0. The second kappa shape index (κ2) is 5.77. The van der Waals surface area contributed by atoms with Crippen LogP contribution in [0.4, 0.5) is 0 Å². The lowest BCUT2D eigenvalue weighted by molar-refractivity contribution is 0.107. The average molecular weight is 275 g/mol. The van der Waals surface area contributed by atoms with Crippen LogP contribution in [0.2, 0.25) is 0 Å². The van der Waals surface area contributed by atoms with Crippen LogP contribution in [-0.4, -0.2) is 13.7 Å². The summed E-state index contributed by atoms with van der Waals surface area (Å²) in [5.74, 6) is 1.01. The Hall–Kier alpha value is -1.02. The van der Waals surface area contributed by atoms with Gasteiger partial charge >= 0.3 is 0 Å². The topological polar surface area (TPSA) is 35.2 Å². The number of benzene rings is 1. The van der Waals surface area contributed by atoms with E-state index in [1.54, 1.807) is 7.11 Å². The van der Waals surface area contributed by atoms with E-state index in [4.69, 9.17) is 10.5 Å². The van der Waals surface area contributed by atoms with Gasteiger partial charge in [-0.3, -0.25) is 0 Å². The molecule has 0 saturated heterocycles. The van der Waals surface area contributed by atoms with Crippen molar-refractivity contribution >= 4 is 0 Å². The van der Waals surface area contributed by atoms with Crippen LogP contribution >= 0.6 is 0 Å². The van der Waals surface area contributed by atoms with Crippen LogP contribution < -0.4 is 10.5 Å². The number of hydrogen-bond donors (Lipinski definition) is 1. The first-order valence-corrected chi connectivity index (χ1v) is 7.73. The van der Waals surface area contributed by atoms with Gasteiger partial charge < -0.3 is 10.5 Å². The Bertz CT molecular complexity index is 454. The van der Waals surface area contributed by atoms with Gasteiger partial charge in [0, 0.05) is 0 Å². The Morgan fingerprint density at radius 1 is 1.15 bits per heavy atom. The Kier molecular flexibility index (Phi) is 4.43. The number of ether oxygens (including phenoxy) is 1. The van der Waals surface area contributed by atoms with E-state index in [1.807, 2.05) is 0 Å². The molecule has 0 unspecified atom stereocenters. The summed E-state index contributed by atoms with van der Waals surface area (Å²) in [4.78, 5) is 0. The van der Waals surface area contributed by atoms with Gasteiger partial charge in [-0.1, -0.05) is 31.5 Å². The fourth-order valence-electron chi connectivity index (χ4n) is 3.36. The molecule has 1 aliphatic carbocycles. The van der Waals surface area contributed by atoms with Crippen LogP contribution in [0.1, 0.15) is 50.7 Å². The van der Waals surface area contributed by atoms with E-state index in [2.05, 4.69) is 39.0 Å². The Morgan fingerprint density at radius 2 is 1.80 bits per heavy atom. The molecule has 1 fully saturated rings. The van der Waals surface area contributed by atoms with Crippen molar-refractivity contribution in [3.05, 3.63) is 29.3 Å². The maximum atomic E-state index is 6.16. The normalized spacial score (nSPS) is 20.6. The van der Waals surface area contributed by atoms with E-state index in [-0.39, 0.29) is 5.41 Å². The highest BCUT2D eigenvalue weighted by atomic mass is 16.5. The van der Waals surface area contributed by atoms with Crippen molar-refractivity contribution < 1.29 is 4.74 Å². The van der Waals surface area contributed by atoms with Crippen molar-refractivity contribution in [3.8, 4) is 5.75 Å². The van der Waals surface area contributed by atoms with Gasteiger partial charge in [0.15, 0.2) is 0 Å². The molecule has 2 nitrogen and oxygen atoms in total. The predicted octanol–water partition coefficient (Wildman–Crippen LogP) is 4.09. The Balaban J connectivity index is 2.20. The zero-order valence-electron chi connectivity index (χ0n) is 13.5. The molecule has 0 aromatic heterocycles. The standard InChI is InChI=1S/C18H29NO/c1-14-5-6-16(20-4)15(11-14)12-18(13-19)9-7-17(2,3)8-10-18/h5-6,11H,7-10,12-13,19H2,1-4H3. The summed E-state index contributed by atoms with van der Waals surface area (Å²) in [6.07, 6.45) is 6.06. The number of aryl methyl sites for hydroxylation is 1. The highest BCUT2D eigenvalue weighted by Gasteiger charge is 2.37. The van der Waals surface area contributed by atoms with E-state index < -0.39 is 0 Å². The Morgan fingerprint density at radius 3 is 2.35 bits per heavy atom. The van der Waals surface area contributed by atoms with Crippen molar-refractivity contribution in [2.24, 2.45) is 16.6 Å². The van der Waals surface area contributed by atoms with Crippen molar-refractivity contribution in [1.29, 1.82) is 0 Å². The summed E-state index contributed by atoms with van der Waals surface area (Å²) >= 11 is 0. The second-order valence-corrected chi connectivity index (χ2v) is 7.36. The third-order valence-corrected chi connectivity index (χ3v) is 5.10. The van der Waals surface area contributed by atoms with Crippen LogP contribution in [0.5, 0.6) is 5.75 Å². The lowest BCUT2D eigenvalue weighted by Gasteiger charge is -2.43. The van der Waals surface area contributed by atoms with Gasteiger partial charge in [0.2, 0.25) is 0 Å². The fraction of sp³-hybridized carbons (Fsp3) is 0.667. The van der Waals surface area contributed by atoms with Gasteiger partial charge in [-0.05, 0) is 68.0 Å². The molecule has 2 N–H and O–H groups in total. The molecule has 0 aliphatic heterocycles. The summed E-state index contributed by atoms with van der Waals surface area (Å²) in [7, 11) is 1.76. The molecule has 0 spiro atoms. The monoisotopic (exact) mass is 275 g/mol. The summed E-state index contributed by atoms with van der Waals surface area (Å²) < 4.78 is 5.53. The molecule has 1 saturated carbocycles. The minimum Gasteiger partial charge on any atom is -0.496 e. The molecule has 0 heterocycles. The summed E-state index contributed by atoms with van der Waals surface area (Å²) in [5.41, 5.74) is 9.52. The molecule has 0 radical (unpaired) electrons. The SMILES string of the molecule is COc1ccc(C)cc1CC1(CN)CCC(C)(C)CC1. The van der Waals surface area contributed by atoms with E-state index >= 15 is 0 Å². The molecule has 0 amide bonds. The van der Waals surface area contributed by atoms with E-state index in [1.165, 1.54) is 36.8 Å². The molecule has 0 bridgehead atoms. The van der Waals surface area contributed by atoms with Crippen LogP contribution in [0.15, 0.2) is 18.2 Å². The third-order valence-electron chi connectivity index (χ3n) is 5.10. The van der Waals surface area contributed by atoms with Gasteiger partial charge in [0.05, 0.1) is 7.11 Å². The molecule has 2 heteroatoms. The van der Waals surface area contributed by atoms with E-state index in [0.717, 1.165) is 18.7 Å². The van der Waals surface area contributed by atoms with Gasteiger partial charge in [0.1, 0.15) is 5.75 Å². The highest BCUT2D eigenvalue weighted by Crippen LogP contribution is 2.47.